The van der Waals surface area contributed by atoms with Gasteiger partial charge in [-0.25, -0.2) is 4.79 Å². The molecule has 0 unspecified atom stereocenters. The molecule has 82 valence electrons. The average Bonchev–Trinajstić information content (AvgIpc) is 2.59. The van der Waals surface area contributed by atoms with Crippen molar-refractivity contribution in [3.63, 3.8) is 0 Å². The first-order valence-electron chi connectivity index (χ1n) is 4.80. The maximum absolute atomic E-state index is 8.56. The standard InChI is InChI=1S/C10H12O.CH2O3/c1-2-9-7-8-5-3-4-6-10(8)11-9;2-1(3)4/h3-6,9H,2,7H2,1H3;(H2,2,3,4)/t9-;/m1./s1. The number of hydrogen-bond donors (Lipinski definition) is 2. The fourth-order valence-corrected chi connectivity index (χ4v) is 1.48. The van der Waals surface area contributed by atoms with Crippen molar-refractivity contribution in [2.24, 2.45) is 0 Å². The van der Waals surface area contributed by atoms with E-state index in [0.717, 1.165) is 18.6 Å². The first kappa shape index (κ1) is 11.4. The highest BCUT2D eigenvalue weighted by Gasteiger charge is 2.19. The number of benzene rings is 1. The SMILES string of the molecule is CC[C@@H]1Cc2ccccc2O1.O=C(O)O. The number of ether oxygens (including phenoxy) is 1. The third-order valence-corrected chi connectivity index (χ3v) is 2.17. The summed E-state index contributed by atoms with van der Waals surface area (Å²) in [7, 11) is 0. The zero-order valence-corrected chi connectivity index (χ0v) is 8.51. The van der Waals surface area contributed by atoms with E-state index in [-0.39, 0.29) is 0 Å². The van der Waals surface area contributed by atoms with Crippen molar-refractivity contribution in [1.82, 2.24) is 0 Å². The molecule has 0 aromatic heterocycles. The molecule has 1 aliphatic rings. The molecule has 1 aliphatic heterocycles. The van der Waals surface area contributed by atoms with E-state index in [1.807, 2.05) is 12.1 Å². The van der Waals surface area contributed by atoms with Gasteiger partial charge in [0.2, 0.25) is 0 Å². The fourth-order valence-electron chi connectivity index (χ4n) is 1.48. The van der Waals surface area contributed by atoms with Crippen LogP contribution in [0.2, 0.25) is 0 Å². The number of para-hydroxylation sites is 1. The second-order valence-electron chi connectivity index (χ2n) is 3.24. The molecule has 0 amide bonds. The minimum atomic E-state index is -1.83. The Labute approximate surface area is 88.1 Å². The van der Waals surface area contributed by atoms with Gasteiger partial charge in [-0.15, -0.1) is 0 Å². The highest BCUT2D eigenvalue weighted by Crippen LogP contribution is 2.28. The summed E-state index contributed by atoms with van der Waals surface area (Å²) in [4.78, 5) is 8.56. The summed E-state index contributed by atoms with van der Waals surface area (Å²) in [6, 6.07) is 8.28. The van der Waals surface area contributed by atoms with Gasteiger partial charge < -0.3 is 14.9 Å². The lowest BCUT2D eigenvalue weighted by atomic mass is 10.1. The van der Waals surface area contributed by atoms with E-state index in [2.05, 4.69) is 19.1 Å². The third-order valence-electron chi connectivity index (χ3n) is 2.17. The van der Waals surface area contributed by atoms with E-state index in [9.17, 15) is 0 Å². The van der Waals surface area contributed by atoms with Crippen LogP contribution < -0.4 is 4.74 Å². The van der Waals surface area contributed by atoms with Gasteiger partial charge in [-0.2, -0.15) is 0 Å². The van der Waals surface area contributed by atoms with Crippen LogP contribution in [0.5, 0.6) is 5.75 Å². The Bertz CT molecular complexity index is 306. The van der Waals surface area contributed by atoms with Gasteiger partial charge in [0.25, 0.3) is 0 Å². The molecule has 0 fully saturated rings. The zero-order valence-electron chi connectivity index (χ0n) is 8.51. The molecule has 0 aliphatic carbocycles. The summed E-state index contributed by atoms with van der Waals surface area (Å²) in [5, 5.41) is 13.9. The molecule has 0 bridgehead atoms. The summed E-state index contributed by atoms with van der Waals surface area (Å²) in [6.07, 6.45) is 0.786. The van der Waals surface area contributed by atoms with Gasteiger partial charge in [-0.3, -0.25) is 0 Å². The molecule has 1 atom stereocenters. The lowest BCUT2D eigenvalue weighted by Crippen LogP contribution is -2.10. The highest BCUT2D eigenvalue weighted by molar-refractivity contribution is 5.53. The molecule has 0 saturated heterocycles. The van der Waals surface area contributed by atoms with Crippen LogP contribution in [0.15, 0.2) is 24.3 Å². The van der Waals surface area contributed by atoms with E-state index >= 15 is 0 Å². The minimum absolute atomic E-state index is 0.424. The Morgan fingerprint density at radius 3 is 2.60 bits per heavy atom. The molecule has 2 N–H and O–H groups in total. The largest absolute Gasteiger partial charge is 0.503 e. The van der Waals surface area contributed by atoms with Crippen LogP contribution in [-0.2, 0) is 6.42 Å². The van der Waals surface area contributed by atoms with Gasteiger partial charge in [0.1, 0.15) is 11.9 Å². The smallest absolute Gasteiger partial charge is 0.490 e. The molecular formula is C11H14O4. The normalized spacial score (nSPS) is 17.0. The van der Waals surface area contributed by atoms with E-state index in [0.29, 0.717) is 6.10 Å². The number of hydrogen-bond acceptors (Lipinski definition) is 2. The van der Waals surface area contributed by atoms with Crippen molar-refractivity contribution in [3.8, 4) is 5.75 Å². The molecule has 1 aromatic rings. The van der Waals surface area contributed by atoms with Gasteiger partial charge in [0.15, 0.2) is 0 Å². The first-order chi connectivity index (χ1) is 7.13. The van der Waals surface area contributed by atoms with Gasteiger partial charge in [-0.05, 0) is 18.1 Å². The van der Waals surface area contributed by atoms with E-state index in [4.69, 9.17) is 19.7 Å². The van der Waals surface area contributed by atoms with E-state index < -0.39 is 6.16 Å². The van der Waals surface area contributed by atoms with E-state index in [1.165, 1.54) is 5.56 Å². The van der Waals surface area contributed by atoms with Crippen LogP contribution in [0.4, 0.5) is 4.79 Å². The maximum atomic E-state index is 8.56. The Balaban J connectivity index is 0.000000245. The predicted octanol–water partition coefficient (Wildman–Crippen LogP) is 2.62. The summed E-state index contributed by atoms with van der Waals surface area (Å²) in [5.74, 6) is 1.08. The Hall–Kier alpha value is -1.71. The quantitative estimate of drug-likeness (QED) is 0.747. The number of fused-ring (bicyclic) bond motifs is 1. The minimum Gasteiger partial charge on any atom is -0.490 e. The Morgan fingerprint density at radius 2 is 2.07 bits per heavy atom. The topological polar surface area (TPSA) is 66.8 Å². The molecular weight excluding hydrogens is 196 g/mol. The van der Waals surface area contributed by atoms with Crippen molar-refractivity contribution >= 4 is 6.16 Å². The molecule has 0 saturated carbocycles. The lowest BCUT2D eigenvalue weighted by molar-refractivity contribution is 0.137. The first-order valence-corrected chi connectivity index (χ1v) is 4.80. The second kappa shape index (κ2) is 5.24. The van der Waals surface area contributed by atoms with Crippen LogP contribution in [-0.4, -0.2) is 22.5 Å². The average molecular weight is 210 g/mol. The lowest BCUT2D eigenvalue weighted by Gasteiger charge is -2.05. The predicted molar refractivity (Wildman–Crippen MR) is 55.5 cm³/mol. The van der Waals surface area contributed by atoms with Gasteiger partial charge in [0.05, 0.1) is 0 Å². The fraction of sp³-hybridized carbons (Fsp3) is 0.364. The van der Waals surface area contributed by atoms with Crippen LogP contribution in [0.1, 0.15) is 18.9 Å². The van der Waals surface area contributed by atoms with Crippen LogP contribution in [0.25, 0.3) is 0 Å². The molecule has 1 heterocycles. The molecule has 15 heavy (non-hydrogen) atoms. The highest BCUT2D eigenvalue weighted by atomic mass is 16.6. The number of carbonyl (C=O) groups is 1. The van der Waals surface area contributed by atoms with Crippen LogP contribution >= 0.6 is 0 Å². The van der Waals surface area contributed by atoms with Crippen molar-refractivity contribution in [3.05, 3.63) is 29.8 Å². The number of rotatable bonds is 1. The monoisotopic (exact) mass is 210 g/mol. The Morgan fingerprint density at radius 1 is 1.47 bits per heavy atom. The second-order valence-corrected chi connectivity index (χ2v) is 3.24. The van der Waals surface area contributed by atoms with Crippen molar-refractivity contribution in [1.29, 1.82) is 0 Å². The van der Waals surface area contributed by atoms with Gasteiger partial charge in [-0.1, -0.05) is 25.1 Å². The summed E-state index contributed by atoms with van der Waals surface area (Å²) in [5.41, 5.74) is 1.36. The molecule has 4 nitrogen and oxygen atoms in total. The van der Waals surface area contributed by atoms with Gasteiger partial charge >= 0.3 is 6.16 Å². The zero-order chi connectivity index (χ0) is 11.3. The van der Waals surface area contributed by atoms with Crippen molar-refractivity contribution in [2.75, 3.05) is 0 Å². The van der Waals surface area contributed by atoms with Crippen LogP contribution in [0, 0.1) is 0 Å². The van der Waals surface area contributed by atoms with Crippen molar-refractivity contribution < 1.29 is 19.7 Å². The van der Waals surface area contributed by atoms with Gasteiger partial charge in [0, 0.05) is 6.42 Å². The number of carboxylic acid groups (broad SMARTS) is 2. The molecule has 0 radical (unpaired) electrons. The summed E-state index contributed by atoms with van der Waals surface area (Å²) < 4.78 is 5.66. The Kier molecular flexibility index (Phi) is 3.97. The maximum Gasteiger partial charge on any atom is 0.503 e. The van der Waals surface area contributed by atoms with Crippen LogP contribution in [0.3, 0.4) is 0 Å². The molecule has 1 aromatic carbocycles. The molecule has 0 spiro atoms. The molecule has 2 rings (SSSR count). The summed E-state index contributed by atoms with van der Waals surface area (Å²) >= 11 is 0. The summed E-state index contributed by atoms with van der Waals surface area (Å²) in [6.45, 7) is 2.16. The third kappa shape index (κ3) is 3.50. The molecule has 4 heteroatoms. The van der Waals surface area contributed by atoms with E-state index in [1.54, 1.807) is 0 Å². The van der Waals surface area contributed by atoms with Crippen molar-refractivity contribution in [2.45, 2.75) is 25.9 Å².